The van der Waals surface area contributed by atoms with Crippen LogP contribution >= 0.6 is 0 Å². The van der Waals surface area contributed by atoms with Crippen LogP contribution in [0.1, 0.15) is 23.3 Å². The van der Waals surface area contributed by atoms with Crippen molar-refractivity contribution in [3.63, 3.8) is 0 Å². The highest BCUT2D eigenvalue weighted by atomic mass is 28.3. The lowest BCUT2D eigenvalue weighted by Gasteiger charge is -2.26. The zero-order chi connectivity index (χ0) is 23.5. The molecular formula is C22H28FN5O3Si. The summed E-state index contributed by atoms with van der Waals surface area (Å²) in [6.07, 6.45) is 0.849. The average molecular weight is 458 g/mol. The Kier molecular flexibility index (Phi) is 6.98. The zero-order valence-electron chi connectivity index (χ0n) is 18.4. The van der Waals surface area contributed by atoms with Crippen LogP contribution in [0.25, 0.3) is 10.9 Å². The van der Waals surface area contributed by atoms with Gasteiger partial charge < -0.3 is 20.9 Å². The molecule has 3 amide bonds. The molecule has 1 fully saturated rings. The van der Waals surface area contributed by atoms with Gasteiger partial charge in [0, 0.05) is 25.9 Å². The van der Waals surface area contributed by atoms with Crippen LogP contribution in [0.15, 0.2) is 24.3 Å². The van der Waals surface area contributed by atoms with Crippen LogP contribution in [-0.2, 0) is 9.59 Å². The van der Waals surface area contributed by atoms with Gasteiger partial charge in [0.15, 0.2) is 0 Å². The van der Waals surface area contributed by atoms with Gasteiger partial charge in [0.1, 0.15) is 23.6 Å². The number of nitrogens with zero attached hydrogens (tertiary/aromatic N) is 1. The van der Waals surface area contributed by atoms with Gasteiger partial charge in [-0.3, -0.25) is 14.4 Å². The summed E-state index contributed by atoms with van der Waals surface area (Å²) in [6, 6.07) is 6.91. The Morgan fingerprint density at radius 1 is 1.31 bits per heavy atom. The number of fused-ring (bicyclic) bond motifs is 1. The van der Waals surface area contributed by atoms with E-state index in [4.69, 9.17) is 0 Å². The minimum atomic E-state index is -1.79. The highest BCUT2D eigenvalue weighted by Crippen LogP contribution is 2.20. The molecule has 1 saturated heterocycles. The topological polar surface area (TPSA) is 127 Å². The first-order valence-electron chi connectivity index (χ1n) is 10.6. The molecule has 2 aromatic rings. The highest BCUT2D eigenvalue weighted by molar-refractivity contribution is 6.76. The lowest BCUT2D eigenvalue weighted by atomic mass is 9.99. The zero-order valence-corrected chi connectivity index (χ0v) is 19.4. The fraction of sp³-hybridized carbons (Fsp3) is 0.455. The maximum absolute atomic E-state index is 14.0. The molecule has 3 atom stereocenters. The molecule has 8 nitrogen and oxygen atoms in total. The van der Waals surface area contributed by atoms with Crippen molar-refractivity contribution in [1.29, 1.82) is 5.26 Å². The number of carbonyl (C=O) groups excluding carboxylic acids is 3. The summed E-state index contributed by atoms with van der Waals surface area (Å²) in [5, 5.41) is 18.2. The summed E-state index contributed by atoms with van der Waals surface area (Å²) >= 11 is 0. The number of aromatic nitrogens is 1. The molecular weight excluding hydrogens is 429 g/mol. The number of nitriles is 1. The average Bonchev–Trinajstić information content (AvgIpc) is 3.33. The van der Waals surface area contributed by atoms with Gasteiger partial charge in [0.25, 0.3) is 5.91 Å². The monoisotopic (exact) mass is 457 g/mol. The molecule has 0 radical (unpaired) electrons. The first-order chi connectivity index (χ1) is 15.1. The van der Waals surface area contributed by atoms with Gasteiger partial charge in [-0.05, 0) is 31.0 Å². The minimum absolute atomic E-state index is 0.113. The number of amides is 3. The number of halogens is 1. The smallest absolute Gasteiger partial charge is 0.268 e. The van der Waals surface area contributed by atoms with Crippen molar-refractivity contribution in [1.82, 2.24) is 20.9 Å². The maximum Gasteiger partial charge on any atom is 0.268 e. The van der Waals surface area contributed by atoms with Crippen molar-refractivity contribution in [3.05, 3.63) is 35.8 Å². The number of hydrogen-bond donors (Lipinski definition) is 4. The van der Waals surface area contributed by atoms with E-state index >= 15 is 0 Å². The van der Waals surface area contributed by atoms with E-state index in [2.05, 4.69) is 40.6 Å². The first-order valence-corrected chi connectivity index (χ1v) is 14.3. The number of aromatic amines is 1. The molecule has 3 rings (SSSR count). The van der Waals surface area contributed by atoms with E-state index in [0.29, 0.717) is 24.4 Å². The summed E-state index contributed by atoms with van der Waals surface area (Å²) in [6.45, 7) is 6.78. The number of benzene rings is 1. The third kappa shape index (κ3) is 5.73. The second-order valence-corrected chi connectivity index (χ2v) is 14.9. The van der Waals surface area contributed by atoms with E-state index in [-0.39, 0.29) is 29.5 Å². The van der Waals surface area contributed by atoms with Crippen LogP contribution in [0.2, 0.25) is 25.7 Å². The van der Waals surface area contributed by atoms with Gasteiger partial charge in [0.05, 0.1) is 11.6 Å². The van der Waals surface area contributed by atoms with E-state index in [9.17, 15) is 24.0 Å². The number of hydrogen-bond acceptors (Lipinski definition) is 4. The van der Waals surface area contributed by atoms with Gasteiger partial charge in [-0.15, -0.1) is 0 Å². The largest absolute Gasteiger partial charge is 0.356 e. The van der Waals surface area contributed by atoms with Crippen LogP contribution in [0.5, 0.6) is 0 Å². The minimum Gasteiger partial charge on any atom is -0.356 e. The number of carbonyl (C=O) groups is 3. The summed E-state index contributed by atoms with van der Waals surface area (Å²) in [5.41, 5.74) is 0.376. The molecule has 0 bridgehead atoms. The lowest BCUT2D eigenvalue weighted by Crippen LogP contribution is -2.52. The quantitative estimate of drug-likeness (QED) is 0.454. The van der Waals surface area contributed by atoms with E-state index in [1.165, 1.54) is 12.1 Å². The molecule has 10 heteroatoms. The maximum atomic E-state index is 14.0. The Hall–Kier alpha value is -3.19. The molecule has 0 aliphatic carbocycles. The Morgan fingerprint density at radius 3 is 2.66 bits per heavy atom. The summed E-state index contributed by atoms with van der Waals surface area (Å²) in [7, 11) is -1.79. The summed E-state index contributed by atoms with van der Waals surface area (Å²) in [5.74, 6) is -1.88. The van der Waals surface area contributed by atoms with Crippen LogP contribution in [-0.4, -0.2) is 49.4 Å². The van der Waals surface area contributed by atoms with E-state index in [1.807, 2.05) is 6.07 Å². The van der Waals surface area contributed by atoms with Gasteiger partial charge in [-0.25, -0.2) is 4.39 Å². The number of rotatable bonds is 8. The molecule has 1 aliphatic heterocycles. The molecule has 1 aromatic carbocycles. The molecule has 0 saturated carbocycles. The number of H-pyrrole nitrogens is 1. The van der Waals surface area contributed by atoms with Gasteiger partial charge in [-0.1, -0.05) is 31.8 Å². The Balaban J connectivity index is 1.73. The fourth-order valence-electron chi connectivity index (χ4n) is 3.87. The second-order valence-electron chi connectivity index (χ2n) is 9.38. The summed E-state index contributed by atoms with van der Waals surface area (Å²) in [4.78, 5) is 40.5. The molecule has 32 heavy (non-hydrogen) atoms. The van der Waals surface area contributed by atoms with Crippen molar-refractivity contribution < 1.29 is 18.8 Å². The lowest BCUT2D eigenvalue weighted by molar-refractivity contribution is -0.125. The Bertz CT molecular complexity index is 1070. The van der Waals surface area contributed by atoms with Crippen LogP contribution in [0.3, 0.4) is 0 Å². The SMILES string of the molecule is C[Si](C)(C)C[C@H](NC(=O)c1cc2cccc(F)c2[nH]1)C(=O)N[C@H](C#N)C[C@@H]1CCNC1=O. The number of para-hydroxylation sites is 1. The molecule has 0 spiro atoms. The second kappa shape index (κ2) is 9.52. The molecule has 4 N–H and O–H groups in total. The van der Waals surface area contributed by atoms with Crippen molar-refractivity contribution in [2.75, 3.05) is 6.54 Å². The Morgan fingerprint density at radius 2 is 2.06 bits per heavy atom. The van der Waals surface area contributed by atoms with Crippen molar-refractivity contribution in [3.8, 4) is 6.07 Å². The van der Waals surface area contributed by atoms with Crippen LogP contribution in [0.4, 0.5) is 4.39 Å². The predicted molar refractivity (Wildman–Crippen MR) is 121 cm³/mol. The van der Waals surface area contributed by atoms with Crippen LogP contribution < -0.4 is 16.0 Å². The fourth-order valence-corrected chi connectivity index (χ4v) is 5.38. The highest BCUT2D eigenvalue weighted by Gasteiger charge is 2.32. The van der Waals surface area contributed by atoms with Crippen LogP contribution in [0, 0.1) is 23.1 Å². The normalized spacial score (nSPS) is 18.0. The Labute approximate surface area is 186 Å². The standard InChI is InChI=1S/C22H28FN5O3Si/c1-32(2,3)12-18(22(31)26-15(11-24)9-14-7-8-25-20(14)29)28-21(30)17-10-13-5-4-6-16(23)19(13)27-17/h4-6,10,14-15,18,27H,7-9,12H2,1-3H3,(H,25,29)(H,26,31)(H,28,30)/t14-,15-,18-/m0/s1. The summed E-state index contributed by atoms with van der Waals surface area (Å²) < 4.78 is 14.0. The van der Waals surface area contributed by atoms with Crippen molar-refractivity contribution in [2.45, 2.75) is 50.6 Å². The molecule has 2 heterocycles. The van der Waals surface area contributed by atoms with E-state index < -0.39 is 37.8 Å². The van der Waals surface area contributed by atoms with Gasteiger partial charge in [0.2, 0.25) is 11.8 Å². The van der Waals surface area contributed by atoms with Gasteiger partial charge in [-0.2, -0.15) is 5.26 Å². The number of nitrogens with one attached hydrogen (secondary N) is 4. The third-order valence-electron chi connectivity index (χ3n) is 5.44. The third-order valence-corrected chi connectivity index (χ3v) is 7.08. The molecule has 1 aromatic heterocycles. The molecule has 170 valence electrons. The van der Waals surface area contributed by atoms with Crippen molar-refractivity contribution >= 4 is 36.7 Å². The molecule has 1 aliphatic rings. The van der Waals surface area contributed by atoms with Crippen molar-refractivity contribution in [2.24, 2.45) is 5.92 Å². The molecule has 0 unspecified atom stereocenters. The van der Waals surface area contributed by atoms with E-state index in [1.54, 1.807) is 12.1 Å². The van der Waals surface area contributed by atoms with E-state index in [0.717, 1.165) is 0 Å². The predicted octanol–water partition coefficient (Wildman–Crippen LogP) is 2.28. The van der Waals surface area contributed by atoms with Gasteiger partial charge >= 0.3 is 0 Å². The first kappa shape index (κ1) is 23.5.